The maximum Gasteiger partial charge on any atom is 0.345 e. The molecule has 0 aliphatic carbocycles. The molecule has 1 aromatic rings. The summed E-state index contributed by atoms with van der Waals surface area (Å²) in [5, 5.41) is 0. The Morgan fingerprint density at radius 1 is 1.20 bits per heavy atom. The summed E-state index contributed by atoms with van der Waals surface area (Å²) >= 11 is 0. The highest BCUT2D eigenvalue weighted by atomic mass is 16.6. The van der Waals surface area contributed by atoms with E-state index in [1.54, 1.807) is 49.3 Å². The van der Waals surface area contributed by atoms with E-state index >= 15 is 0 Å². The summed E-state index contributed by atoms with van der Waals surface area (Å²) in [7, 11) is 3.46. The number of benzene rings is 1. The van der Waals surface area contributed by atoms with Gasteiger partial charge in [0.15, 0.2) is 0 Å². The second-order valence-corrected chi connectivity index (χ2v) is 3.37. The second kappa shape index (κ2) is 5.26. The Hall–Kier alpha value is -1.68. The van der Waals surface area contributed by atoms with Crippen molar-refractivity contribution in [2.45, 2.75) is 0 Å². The molecule has 4 heteroatoms. The number of ether oxygens (including phenoxy) is 1. The van der Waals surface area contributed by atoms with Crippen molar-refractivity contribution in [3.63, 3.8) is 0 Å². The minimum atomic E-state index is -0.609. The molecular formula is C11H13NO3. The molecule has 0 heterocycles. The zero-order valence-electron chi connectivity index (χ0n) is 8.77. The number of hydrogen-bond acceptors (Lipinski definition) is 4. The summed E-state index contributed by atoms with van der Waals surface area (Å²) in [4.78, 5) is 24.2. The fourth-order valence-electron chi connectivity index (χ4n) is 1.03. The van der Waals surface area contributed by atoms with Gasteiger partial charge in [-0.3, -0.25) is 9.69 Å². The minimum absolute atomic E-state index is 0.0958. The van der Waals surface area contributed by atoms with Crippen LogP contribution in [0.15, 0.2) is 30.3 Å². The zero-order chi connectivity index (χ0) is 11.3. The molecule has 80 valence electrons. The highest BCUT2D eigenvalue weighted by Gasteiger charge is 2.12. The first-order valence-electron chi connectivity index (χ1n) is 4.54. The van der Waals surface area contributed by atoms with Crippen LogP contribution in [0.25, 0.3) is 0 Å². The van der Waals surface area contributed by atoms with Crippen LogP contribution in [0.4, 0.5) is 0 Å². The Morgan fingerprint density at radius 2 is 1.80 bits per heavy atom. The number of carbonyl (C=O) groups excluding carboxylic acids is 2. The molecule has 0 amide bonds. The molecule has 0 spiro atoms. The van der Waals surface area contributed by atoms with Crippen LogP contribution in [-0.2, 0) is 9.53 Å². The lowest BCUT2D eigenvalue weighted by Gasteiger charge is -2.07. The Balaban J connectivity index is 2.53. The third kappa shape index (κ3) is 3.91. The van der Waals surface area contributed by atoms with Crippen LogP contribution in [0.2, 0.25) is 0 Å². The van der Waals surface area contributed by atoms with E-state index in [0.717, 1.165) is 0 Å². The van der Waals surface area contributed by atoms with Crippen molar-refractivity contribution in [3.05, 3.63) is 35.9 Å². The van der Waals surface area contributed by atoms with Crippen LogP contribution >= 0.6 is 0 Å². The molecular weight excluding hydrogens is 194 g/mol. The molecule has 0 fully saturated rings. The minimum Gasteiger partial charge on any atom is -0.388 e. The summed E-state index contributed by atoms with van der Waals surface area (Å²) in [5.74, 6) is -1.16. The number of rotatable bonds is 3. The molecule has 0 aliphatic rings. The third-order valence-electron chi connectivity index (χ3n) is 1.66. The lowest BCUT2D eigenvalue weighted by molar-refractivity contribution is -0.138. The number of nitrogens with zero attached hydrogens (tertiary/aromatic N) is 1. The van der Waals surface area contributed by atoms with Gasteiger partial charge in [0.25, 0.3) is 0 Å². The van der Waals surface area contributed by atoms with E-state index in [-0.39, 0.29) is 6.54 Å². The number of hydrogen-bond donors (Lipinski definition) is 0. The van der Waals surface area contributed by atoms with Gasteiger partial charge in [0.05, 0.1) is 12.1 Å². The summed E-state index contributed by atoms with van der Waals surface area (Å²) in [6.45, 7) is 0.0958. The molecule has 1 aromatic carbocycles. The molecule has 0 N–H and O–H groups in total. The molecule has 4 nitrogen and oxygen atoms in total. The highest BCUT2D eigenvalue weighted by molar-refractivity contribution is 5.97. The standard InChI is InChI=1S/C11H13NO3/c1-12(2)8-10(13)15-11(14)9-6-4-3-5-7-9/h3-7H,8H2,1-2H3. The Morgan fingerprint density at radius 3 is 2.33 bits per heavy atom. The number of likely N-dealkylation sites (N-methyl/N-ethyl adjacent to an activating group) is 1. The lowest BCUT2D eigenvalue weighted by Crippen LogP contribution is -2.25. The van der Waals surface area contributed by atoms with Gasteiger partial charge < -0.3 is 4.74 Å². The van der Waals surface area contributed by atoms with Gasteiger partial charge in [-0.1, -0.05) is 18.2 Å². The van der Waals surface area contributed by atoms with E-state index in [2.05, 4.69) is 4.74 Å². The van der Waals surface area contributed by atoms with Gasteiger partial charge in [-0.25, -0.2) is 4.79 Å². The quantitative estimate of drug-likeness (QED) is 0.546. The zero-order valence-corrected chi connectivity index (χ0v) is 8.77. The number of carbonyl (C=O) groups is 2. The molecule has 0 unspecified atom stereocenters. The first-order chi connectivity index (χ1) is 7.09. The highest BCUT2D eigenvalue weighted by Crippen LogP contribution is 2.01. The van der Waals surface area contributed by atoms with Crippen molar-refractivity contribution in [1.82, 2.24) is 4.90 Å². The molecule has 0 saturated carbocycles. The van der Waals surface area contributed by atoms with Crippen LogP contribution in [0.3, 0.4) is 0 Å². The van der Waals surface area contributed by atoms with Crippen molar-refractivity contribution in [2.75, 3.05) is 20.6 Å². The Bertz CT molecular complexity index is 346. The topological polar surface area (TPSA) is 46.6 Å². The van der Waals surface area contributed by atoms with E-state index in [4.69, 9.17) is 0 Å². The van der Waals surface area contributed by atoms with Gasteiger partial charge in [-0.05, 0) is 26.2 Å². The van der Waals surface area contributed by atoms with E-state index in [9.17, 15) is 9.59 Å². The summed E-state index contributed by atoms with van der Waals surface area (Å²) in [6.07, 6.45) is 0. The van der Waals surface area contributed by atoms with Gasteiger partial charge >= 0.3 is 11.9 Å². The maximum atomic E-state index is 11.4. The van der Waals surface area contributed by atoms with Crippen molar-refractivity contribution >= 4 is 11.9 Å². The van der Waals surface area contributed by atoms with E-state index in [0.29, 0.717) is 5.56 Å². The fraction of sp³-hybridized carbons (Fsp3) is 0.273. The predicted octanol–water partition coefficient (Wildman–Crippen LogP) is 0.932. The average molecular weight is 207 g/mol. The van der Waals surface area contributed by atoms with Gasteiger partial charge in [-0.15, -0.1) is 0 Å². The Kier molecular flexibility index (Phi) is 4.00. The van der Waals surface area contributed by atoms with E-state index < -0.39 is 11.9 Å². The monoisotopic (exact) mass is 207 g/mol. The molecule has 0 radical (unpaired) electrons. The molecule has 0 bridgehead atoms. The third-order valence-corrected chi connectivity index (χ3v) is 1.66. The van der Waals surface area contributed by atoms with Gasteiger partial charge in [-0.2, -0.15) is 0 Å². The van der Waals surface area contributed by atoms with Crippen LogP contribution in [0.5, 0.6) is 0 Å². The molecule has 0 atom stereocenters. The Labute approximate surface area is 88.5 Å². The summed E-state index contributed by atoms with van der Waals surface area (Å²) in [5.41, 5.74) is 0.379. The molecule has 0 saturated heterocycles. The van der Waals surface area contributed by atoms with Crippen LogP contribution in [0, 0.1) is 0 Å². The smallest absolute Gasteiger partial charge is 0.345 e. The maximum absolute atomic E-state index is 11.4. The van der Waals surface area contributed by atoms with E-state index in [1.807, 2.05) is 0 Å². The molecule has 1 rings (SSSR count). The van der Waals surface area contributed by atoms with Crippen LogP contribution in [-0.4, -0.2) is 37.5 Å². The van der Waals surface area contributed by atoms with Crippen molar-refractivity contribution in [2.24, 2.45) is 0 Å². The molecule has 15 heavy (non-hydrogen) atoms. The summed E-state index contributed by atoms with van der Waals surface area (Å²) < 4.78 is 4.63. The first kappa shape index (κ1) is 11.4. The van der Waals surface area contributed by atoms with Crippen molar-refractivity contribution in [1.29, 1.82) is 0 Å². The first-order valence-corrected chi connectivity index (χ1v) is 4.54. The fourth-order valence-corrected chi connectivity index (χ4v) is 1.03. The SMILES string of the molecule is CN(C)CC(=O)OC(=O)c1ccccc1. The van der Waals surface area contributed by atoms with Crippen molar-refractivity contribution in [3.8, 4) is 0 Å². The van der Waals surface area contributed by atoms with Gasteiger partial charge in [0.2, 0.25) is 0 Å². The van der Waals surface area contributed by atoms with Crippen LogP contribution in [0.1, 0.15) is 10.4 Å². The normalized spacial score (nSPS) is 10.1. The predicted molar refractivity (Wildman–Crippen MR) is 55.4 cm³/mol. The molecule has 0 aromatic heterocycles. The largest absolute Gasteiger partial charge is 0.388 e. The average Bonchev–Trinajstić information content (AvgIpc) is 2.17. The lowest BCUT2D eigenvalue weighted by atomic mass is 10.2. The van der Waals surface area contributed by atoms with Crippen LogP contribution < -0.4 is 0 Å². The van der Waals surface area contributed by atoms with Crippen molar-refractivity contribution < 1.29 is 14.3 Å². The van der Waals surface area contributed by atoms with E-state index in [1.165, 1.54) is 0 Å². The van der Waals surface area contributed by atoms with Gasteiger partial charge in [0, 0.05) is 0 Å². The van der Waals surface area contributed by atoms with Gasteiger partial charge in [0.1, 0.15) is 0 Å². The second-order valence-electron chi connectivity index (χ2n) is 3.37. The summed E-state index contributed by atoms with van der Waals surface area (Å²) in [6, 6.07) is 8.43. The molecule has 0 aliphatic heterocycles. The number of esters is 2.